The van der Waals surface area contributed by atoms with E-state index in [-0.39, 0.29) is 11.6 Å². The van der Waals surface area contributed by atoms with Crippen LogP contribution in [0, 0.1) is 24.0 Å². The van der Waals surface area contributed by atoms with Crippen LogP contribution in [0.4, 0.5) is 5.69 Å². The van der Waals surface area contributed by atoms with Crippen LogP contribution in [-0.2, 0) is 19.6 Å². The van der Waals surface area contributed by atoms with Crippen LogP contribution < -0.4 is 5.32 Å². The first-order chi connectivity index (χ1) is 13.4. The number of aryl methyl sites for hydroxylation is 2. The molecular weight excluding hydrogens is 360 g/mol. The van der Waals surface area contributed by atoms with Gasteiger partial charge in [0.1, 0.15) is 11.4 Å². The zero-order chi connectivity index (χ0) is 20.3. The molecule has 146 valence electrons. The van der Waals surface area contributed by atoms with E-state index in [2.05, 4.69) is 15.5 Å². The molecule has 0 radical (unpaired) electrons. The van der Waals surface area contributed by atoms with Gasteiger partial charge in [0, 0.05) is 18.3 Å². The Kier molecular flexibility index (Phi) is 5.53. The van der Waals surface area contributed by atoms with E-state index >= 15 is 0 Å². The van der Waals surface area contributed by atoms with Gasteiger partial charge in [-0.3, -0.25) is 24.3 Å². The van der Waals surface area contributed by atoms with Crippen molar-refractivity contribution in [2.24, 2.45) is 0 Å². The van der Waals surface area contributed by atoms with Gasteiger partial charge in [-0.2, -0.15) is 10.2 Å². The third-order valence-electron chi connectivity index (χ3n) is 4.52. The van der Waals surface area contributed by atoms with Crippen molar-refractivity contribution in [2.45, 2.75) is 40.4 Å². The Morgan fingerprint density at radius 1 is 1.18 bits per heavy atom. The molecule has 2 aromatic heterocycles. The third kappa shape index (κ3) is 4.08. The summed E-state index contributed by atoms with van der Waals surface area (Å²) in [5, 5.41) is 22.5. The highest BCUT2D eigenvalue weighted by atomic mass is 16.6. The molecule has 3 rings (SSSR count). The molecule has 0 aliphatic rings. The van der Waals surface area contributed by atoms with Crippen LogP contribution in [0.25, 0.3) is 0 Å². The van der Waals surface area contributed by atoms with Gasteiger partial charge in [0.05, 0.1) is 23.7 Å². The van der Waals surface area contributed by atoms with Gasteiger partial charge < -0.3 is 5.32 Å². The van der Waals surface area contributed by atoms with Crippen molar-refractivity contribution < 1.29 is 9.72 Å². The summed E-state index contributed by atoms with van der Waals surface area (Å²) >= 11 is 0. The molecule has 0 aliphatic carbocycles. The Morgan fingerprint density at radius 2 is 1.89 bits per heavy atom. The molecule has 9 heteroatoms. The number of nitro groups is 1. The molecule has 28 heavy (non-hydrogen) atoms. The number of nitrogens with one attached hydrogen (secondary N) is 1. The van der Waals surface area contributed by atoms with Crippen LogP contribution in [0.3, 0.4) is 0 Å². The molecule has 1 N–H and O–H groups in total. The number of aromatic nitrogens is 4. The van der Waals surface area contributed by atoms with E-state index in [4.69, 9.17) is 0 Å². The van der Waals surface area contributed by atoms with Gasteiger partial charge in [0.2, 0.25) is 0 Å². The van der Waals surface area contributed by atoms with Crippen LogP contribution in [0.1, 0.15) is 39.9 Å². The fraction of sp³-hybridized carbons (Fsp3) is 0.316. The Balaban J connectivity index is 1.64. The van der Waals surface area contributed by atoms with E-state index in [1.54, 1.807) is 35.3 Å². The van der Waals surface area contributed by atoms with E-state index in [1.165, 1.54) is 0 Å². The molecule has 0 fully saturated rings. The zero-order valence-electron chi connectivity index (χ0n) is 16.0. The van der Waals surface area contributed by atoms with Gasteiger partial charge in [-0.1, -0.05) is 12.1 Å². The first-order valence-corrected chi connectivity index (χ1v) is 8.97. The monoisotopic (exact) mass is 382 g/mol. The van der Waals surface area contributed by atoms with Crippen molar-refractivity contribution >= 4 is 11.6 Å². The van der Waals surface area contributed by atoms with Gasteiger partial charge in [0.15, 0.2) is 0 Å². The van der Waals surface area contributed by atoms with Crippen LogP contribution in [0.15, 0.2) is 36.5 Å². The number of hydrogen-bond acceptors (Lipinski definition) is 5. The molecule has 0 saturated carbocycles. The quantitative estimate of drug-likeness (QED) is 0.499. The van der Waals surface area contributed by atoms with Crippen LogP contribution >= 0.6 is 0 Å². The zero-order valence-corrected chi connectivity index (χ0v) is 16.0. The topological polar surface area (TPSA) is 108 Å². The number of hydrogen-bond donors (Lipinski definition) is 1. The highest BCUT2D eigenvalue weighted by Crippen LogP contribution is 2.22. The summed E-state index contributed by atoms with van der Waals surface area (Å²) in [5.41, 5.74) is 3.19. The maximum atomic E-state index is 12.3. The predicted molar refractivity (Wildman–Crippen MR) is 103 cm³/mol. The van der Waals surface area contributed by atoms with Crippen molar-refractivity contribution in [3.63, 3.8) is 0 Å². The second-order valence-electron chi connectivity index (χ2n) is 6.48. The molecule has 0 unspecified atom stereocenters. The molecule has 3 aromatic rings. The van der Waals surface area contributed by atoms with E-state index in [1.807, 2.05) is 31.3 Å². The lowest BCUT2D eigenvalue weighted by molar-refractivity contribution is -0.386. The molecule has 1 aromatic carbocycles. The second-order valence-corrected chi connectivity index (χ2v) is 6.48. The number of carbonyl (C=O) groups excluding carboxylic acids is 1. The SMILES string of the molecule is CCn1ccc(CNC(=O)c2ccc(Cn3nc(C)c([N+](=O)[O-])c3C)cc2)n1. The van der Waals surface area contributed by atoms with Gasteiger partial charge in [-0.25, -0.2) is 0 Å². The maximum absolute atomic E-state index is 12.3. The molecule has 0 spiro atoms. The van der Waals surface area contributed by atoms with Crippen molar-refractivity contribution in [1.82, 2.24) is 24.9 Å². The van der Waals surface area contributed by atoms with Crippen molar-refractivity contribution in [3.8, 4) is 0 Å². The molecule has 0 atom stereocenters. The first-order valence-electron chi connectivity index (χ1n) is 8.97. The van der Waals surface area contributed by atoms with Crippen molar-refractivity contribution in [3.05, 3.63) is 74.9 Å². The lowest BCUT2D eigenvalue weighted by Crippen LogP contribution is -2.23. The predicted octanol–water partition coefficient (Wildman–Crippen LogP) is 2.60. The van der Waals surface area contributed by atoms with Gasteiger partial charge in [0.25, 0.3) is 5.91 Å². The number of amides is 1. The summed E-state index contributed by atoms with van der Waals surface area (Å²) in [7, 11) is 0. The minimum Gasteiger partial charge on any atom is -0.346 e. The number of carbonyl (C=O) groups is 1. The van der Waals surface area contributed by atoms with Gasteiger partial charge in [-0.15, -0.1) is 0 Å². The maximum Gasteiger partial charge on any atom is 0.312 e. The minimum atomic E-state index is -0.412. The van der Waals surface area contributed by atoms with E-state index in [0.29, 0.717) is 30.0 Å². The average Bonchev–Trinajstić information content (AvgIpc) is 3.24. The summed E-state index contributed by atoms with van der Waals surface area (Å²) in [6.45, 7) is 6.85. The largest absolute Gasteiger partial charge is 0.346 e. The highest BCUT2D eigenvalue weighted by Gasteiger charge is 2.21. The summed E-state index contributed by atoms with van der Waals surface area (Å²) in [6.07, 6.45) is 1.87. The number of nitrogens with zero attached hydrogens (tertiary/aromatic N) is 5. The van der Waals surface area contributed by atoms with Gasteiger partial charge >= 0.3 is 5.69 Å². The van der Waals surface area contributed by atoms with Crippen molar-refractivity contribution in [1.29, 1.82) is 0 Å². The number of benzene rings is 1. The summed E-state index contributed by atoms with van der Waals surface area (Å²) in [5.74, 6) is -0.181. The molecule has 9 nitrogen and oxygen atoms in total. The normalized spacial score (nSPS) is 10.8. The highest BCUT2D eigenvalue weighted by molar-refractivity contribution is 5.94. The smallest absolute Gasteiger partial charge is 0.312 e. The Labute approximate surface area is 162 Å². The first kappa shape index (κ1) is 19.3. The Hall–Kier alpha value is -3.49. The Bertz CT molecular complexity index is 1000. The lowest BCUT2D eigenvalue weighted by atomic mass is 10.1. The van der Waals surface area contributed by atoms with E-state index in [0.717, 1.165) is 17.8 Å². The Morgan fingerprint density at radius 3 is 2.46 bits per heavy atom. The molecule has 0 bridgehead atoms. The minimum absolute atomic E-state index is 0.0431. The van der Waals surface area contributed by atoms with E-state index < -0.39 is 4.92 Å². The molecule has 0 saturated heterocycles. The van der Waals surface area contributed by atoms with Crippen LogP contribution in [0.2, 0.25) is 0 Å². The molecule has 1 amide bonds. The summed E-state index contributed by atoms with van der Waals surface area (Å²) < 4.78 is 3.41. The molecular formula is C19H22N6O3. The van der Waals surface area contributed by atoms with Crippen molar-refractivity contribution in [2.75, 3.05) is 0 Å². The van der Waals surface area contributed by atoms with E-state index in [9.17, 15) is 14.9 Å². The lowest BCUT2D eigenvalue weighted by Gasteiger charge is -2.07. The second kappa shape index (κ2) is 8.03. The van der Waals surface area contributed by atoms with Gasteiger partial charge in [-0.05, 0) is 44.5 Å². The summed E-state index contributed by atoms with van der Waals surface area (Å²) in [6, 6.07) is 8.98. The molecule has 2 heterocycles. The fourth-order valence-electron chi connectivity index (χ4n) is 2.99. The molecule has 0 aliphatic heterocycles. The number of rotatable bonds is 7. The summed E-state index contributed by atoms with van der Waals surface area (Å²) in [4.78, 5) is 23.0. The third-order valence-corrected chi connectivity index (χ3v) is 4.52. The van der Waals surface area contributed by atoms with Crippen LogP contribution in [0.5, 0.6) is 0 Å². The standard InChI is InChI=1S/C19H22N6O3/c1-4-23-10-9-17(22-23)11-20-19(26)16-7-5-15(6-8-16)12-24-14(3)18(25(27)28)13(2)21-24/h5-10H,4,11-12H2,1-3H3,(H,20,26). The van der Waals surface area contributed by atoms with Crippen LogP contribution in [-0.4, -0.2) is 30.4 Å². The average molecular weight is 382 g/mol. The fourth-order valence-corrected chi connectivity index (χ4v) is 2.99.